The van der Waals surface area contributed by atoms with Gasteiger partial charge in [-0.2, -0.15) is 0 Å². The lowest BCUT2D eigenvalue weighted by molar-refractivity contribution is -0.133. The van der Waals surface area contributed by atoms with Gasteiger partial charge in [0.05, 0.1) is 5.02 Å². The minimum atomic E-state index is -1.25. The van der Waals surface area contributed by atoms with Crippen LogP contribution in [0.5, 0.6) is 5.75 Å². The molecule has 0 amide bonds. The summed E-state index contributed by atoms with van der Waals surface area (Å²) in [4.78, 5) is 35.5. The van der Waals surface area contributed by atoms with Gasteiger partial charge in [0.25, 0.3) is 0 Å². The summed E-state index contributed by atoms with van der Waals surface area (Å²) in [5.41, 5.74) is 0.0188. The van der Waals surface area contributed by atoms with E-state index in [-0.39, 0.29) is 40.7 Å². The molecule has 1 aromatic carbocycles. The Labute approximate surface area is 109 Å². The van der Waals surface area contributed by atoms with Crippen LogP contribution in [0.15, 0.2) is 18.2 Å². The highest BCUT2D eigenvalue weighted by Crippen LogP contribution is 2.30. The molecule has 1 aliphatic carbocycles. The topological polar surface area (TPSA) is 71.4 Å². The van der Waals surface area contributed by atoms with E-state index >= 15 is 0 Å². The Balaban J connectivity index is 2.39. The maximum absolute atomic E-state index is 12.2. The summed E-state index contributed by atoms with van der Waals surface area (Å²) in [6.45, 7) is 0. The predicted octanol–water partition coefficient (Wildman–Crippen LogP) is 2.17. The highest BCUT2D eigenvalue weighted by atomic mass is 35.5. The SMILES string of the molecule is O=C1CCCC(=O)C1C(=O)c1cccc(O)c1Cl. The quantitative estimate of drug-likeness (QED) is 0.658. The molecule has 1 aliphatic rings. The van der Waals surface area contributed by atoms with E-state index in [0.29, 0.717) is 6.42 Å². The lowest BCUT2D eigenvalue weighted by Crippen LogP contribution is -2.35. The van der Waals surface area contributed by atoms with Gasteiger partial charge >= 0.3 is 0 Å². The number of Topliss-reactive ketones (excluding diaryl/α,β-unsaturated/α-hetero) is 3. The summed E-state index contributed by atoms with van der Waals surface area (Å²) in [5.74, 6) is -2.84. The average molecular weight is 267 g/mol. The molecule has 0 aromatic heterocycles. The van der Waals surface area contributed by atoms with E-state index in [1.165, 1.54) is 18.2 Å². The van der Waals surface area contributed by atoms with Crippen LogP contribution in [0, 0.1) is 5.92 Å². The van der Waals surface area contributed by atoms with Gasteiger partial charge in [-0.1, -0.05) is 17.7 Å². The van der Waals surface area contributed by atoms with Crippen molar-refractivity contribution in [3.63, 3.8) is 0 Å². The molecule has 0 atom stereocenters. The molecular weight excluding hydrogens is 256 g/mol. The Morgan fingerprint density at radius 3 is 2.44 bits per heavy atom. The van der Waals surface area contributed by atoms with E-state index in [0.717, 1.165) is 0 Å². The smallest absolute Gasteiger partial charge is 0.182 e. The van der Waals surface area contributed by atoms with E-state index in [9.17, 15) is 19.5 Å². The van der Waals surface area contributed by atoms with E-state index in [1.807, 2.05) is 0 Å². The number of hydrogen-bond acceptors (Lipinski definition) is 4. The van der Waals surface area contributed by atoms with Crippen LogP contribution in [0.4, 0.5) is 0 Å². The zero-order valence-electron chi connectivity index (χ0n) is 9.48. The van der Waals surface area contributed by atoms with Gasteiger partial charge < -0.3 is 5.11 Å². The van der Waals surface area contributed by atoms with Crippen LogP contribution < -0.4 is 0 Å². The molecule has 0 radical (unpaired) electrons. The molecule has 1 saturated carbocycles. The first-order valence-corrected chi connectivity index (χ1v) is 5.97. The van der Waals surface area contributed by atoms with Crippen LogP contribution in [-0.4, -0.2) is 22.5 Å². The molecular formula is C13H11ClO4. The second kappa shape index (κ2) is 4.90. The predicted molar refractivity (Wildman–Crippen MR) is 64.8 cm³/mol. The largest absolute Gasteiger partial charge is 0.506 e. The Hall–Kier alpha value is -1.68. The summed E-state index contributed by atoms with van der Waals surface area (Å²) in [6.07, 6.45) is 0.965. The number of hydrogen-bond donors (Lipinski definition) is 1. The molecule has 18 heavy (non-hydrogen) atoms. The Bertz CT molecular complexity index is 520. The monoisotopic (exact) mass is 266 g/mol. The first kappa shape index (κ1) is 12.8. The molecule has 2 rings (SSSR count). The second-order valence-electron chi connectivity index (χ2n) is 4.22. The second-order valence-corrected chi connectivity index (χ2v) is 4.60. The fraction of sp³-hybridized carbons (Fsp3) is 0.308. The number of phenolic OH excluding ortho intramolecular Hbond substituents is 1. The normalized spacial score (nSPS) is 16.9. The molecule has 4 nitrogen and oxygen atoms in total. The van der Waals surface area contributed by atoms with Crippen molar-refractivity contribution >= 4 is 29.0 Å². The summed E-state index contributed by atoms with van der Waals surface area (Å²) in [7, 11) is 0. The fourth-order valence-corrected chi connectivity index (χ4v) is 2.28. The van der Waals surface area contributed by atoms with E-state index in [4.69, 9.17) is 11.6 Å². The van der Waals surface area contributed by atoms with Crippen molar-refractivity contribution in [2.45, 2.75) is 19.3 Å². The Kier molecular flexibility index (Phi) is 3.48. The third-order valence-corrected chi connectivity index (χ3v) is 3.39. The van der Waals surface area contributed by atoms with Crippen LogP contribution in [0.25, 0.3) is 0 Å². The molecule has 1 fully saturated rings. The summed E-state index contributed by atoms with van der Waals surface area (Å²) in [5, 5.41) is 9.31. The average Bonchev–Trinajstić information content (AvgIpc) is 2.32. The molecule has 0 heterocycles. The van der Waals surface area contributed by atoms with Gasteiger partial charge in [0.2, 0.25) is 0 Å². The molecule has 1 N–H and O–H groups in total. The number of rotatable bonds is 2. The minimum absolute atomic E-state index is 0.0188. The van der Waals surface area contributed by atoms with Crippen molar-refractivity contribution in [1.82, 2.24) is 0 Å². The first-order chi connectivity index (χ1) is 8.52. The van der Waals surface area contributed by atoms with Crippen LogP contribution in [-0.2, 0) is 9.59 Å². The van der Waals surface area contributed by atoms with Gasteiger partial charge in [-0.3, -0.25) is 14.4 Å². The number of phenols is 1. The number of aromatic hydroxyl groups is 1. The van der Waals surface area contributed by atoms with Crippen LogP contribution >= 0.6 is 11.6 Å². The fourth-order valence-electron chi connectivity index (χ4n) is 2.06. The summed E-state index contributed by atoms with van der Waals surface area (Å²) in [6, 6.07) is 4.19. The molecule has 1 aromatic rings. The van der Waals surface area contributed by atoms with Gasteiger partial charge in [-0.15, -0.1) is 0 Å². The molecule has 0 spiro atoms. The number of halogens is 1. The van der Waals surface area contributed by atoms with Crippen molar-refractivity contribution in [2.75, 3.05) is 0 Å². The lowest BCUT2D eigenvalue weighted by atomic mass is 9.81. The maximum Gasteiger partial charge on any atom is 0.182 e. The van der Waals surface area contributed by atoms with E-state index in [2.05, 4.69) is 0 Å². The van der Waals surface area contributed by atoms with Gasteiger partial charge in [0.1, 0.15) is 11.7 Å². The zero-order valence-corrected chi connectivity index (χ0v) is 10.2. The first-order valence-electron chi connectivity index (χ1n) is 5.59. The third kappa shape index (κ3) is 2.16. The molecule has 0 aliphatic heterocycles. The van der Waals surface area contributed by atoms with Gasteiger partial charge in [0.15, 0.2) is 17.3 Å². The van der Waals surface area contributed by atoms with Crippen LogP contribution in [0.3, 0.4) is 0 Å². The Morgan fingerprint density at radius 2 is 1.83 bits per heavy atom. The molecule has 0 unspecified atom stereocenters. The standard InChI is InChI=1S/C13H11ClO4/c14-12-7(3-1-6-10(12)17)13(18)11-8(15)4-2-5-9(11)16/h1,3,6,11,17H,2,4-5H2. The Morgan fingerprint density at radius 1 is 1.22 bits per heavy atom. The summed E-state index contributed by atoms with van der Waals surface area (Å²) >= 11 is 5.81. The molecule has 5 heteroatoms. The molecule has 0 bridgehead atoms. The summed E-state index contributed by atoms with van der Waals surface area (Å²) < 4.78 is 0. The van der Waals surface area contributed by atoms with Crippen molar-refractivity contribution in [3.8, 4) is 5.75 Å². The number of carbonyl (C=O) groups excluding carboxylic acids is 3. The van der Waals surface area contributed by atoms with Crippen molar-refractivity contribution in [1.29, 1.82) is 0 Å². The van der Waals surface area contributed by atoms with Gasteiger partial charge in [-0.25, -0.2) is 0 Å². The van der Waals surface area contributed by atoms with Crippen LogP contribution in [0.1, 0.15) is 29.6 Å². The van der Waals surface area contributed by atoms with Crippen LogP contribution in [0.2, 0.25) is 5.02 Å². The maximum atomic E-state index is 12.2. The zero-order chi connectivity index (χ0) is 13.3. The lowest BCUT2D eigenvalue weighted by Gasteiger charge is -2.18. The van der Waals surface area contributed by atoms with Gasteiger partial charge in [-0.05, 0) is 18.6 Å². The third-order valence-electron chi connectivity index (χ3n) is 3.00. The number of benzene rings is 1. The number of ketones is 3. The molecule has 0 saturated heterocycles. The minimum Gasteiger partial charge on any atom is -0.506 e. The number of carbonyl (C=O) groups is 3. The molecule has 94 valence electrons. The highest BCUT2D eigenvalue weighted by molar-refractivity contribution is 6.37. The van der Waals surface area contributed by atoms with Crippen molar-refractivity contribution in [2.24, 2.45) is 5.92 Å². The van der Waals surface area contributed by atoms with Crippen molar-refractivity contribution < 1.29 is 19.5 Å². The van der Waals surface area contributed by atoms with Crippen molar-refractivity contribution in [3.05, 3.63) is 28.8 Å². The van der Waals surface area contributed by atoms with E-state index < -0.39 is 11.7 Å². The van der Waals surface area contributed by atoms with E-state index in [1.54, 1.807) is 0 Å². The van der Waals surface area contributed by atoms with Gasteiger partial charge in [0, 0.05) is 18.4 Å². The highest BCUT2D eigenvalue weighted by Gasteiger charge is 2.37.